The standard InChI is InChI=1S/C14H21FN2O/c1-11-2-3-12(14(18)10-11)13(4-5-15)17-8-6-16-7-9-17/h2-3,10,13,16,18H,4-9H2,1H3/t13-/m0/s1. The van der Waals surface area contributed by atoms with E-state index in [-0.39, 0.29) is 18.5 Å². The van der Waals surface area contributed by atoms with Gasteiger partial charge in [-0.05, 0) is 25.0 Å². The van der Waals surface area contributed by atoms with Crippen molar-refractivity contribution in [3.63, 3.8) is 0 Å². The van der Waals surface area contributed by atoms with Crippen molar-refractivity contribution in [2.24, 2.45) is 0 Å². The van der Waals surface area contributed by atoms with Gasteiger partial charge >= 0.3 is 0 Å². The number of piperazine rings is 1. The van der Waals surface area contributed by atoms with Crippen molar-refractivity contribution < 1.29 is 9.50 Å². The van der Waals surface area contributed by atoms with Gasteiger partial charge in [0, 0.05) is 37.8 Å². The maximum absolute atomic E-state index is 12.8. The maximum Gasteiger partial charge on any atom is 0.120 e. The molecule has 0 spiro atoms. The van der Waals surface area contributed by atoms with E-state index in [0.29, 0.717) is 6.42 Å². The summed E-state index contributed by atoms with van der Waals surface area (Å²) in [6, 6.07) is 5.64. The smallest absolute Gasteiger partial charge is 0.120 e. The van der Waals surface area contributed by atoms with Crippen molar-refractivity contribution >= 4 is 0 Å². The minimum absolute atomic E-state index is 0.0160. The summed E-state index contributed by atoms with van der Waals surface area (Å²) in [5.74, 6) is 0.284. The van der Waals surface area contributed by atoms with Crippen LogP contribution in [0.25, 0.3) is 0 Å². The molecule has 100 valence electrons. The molecule has 1 aliphatic rings. The van der Waals surface area contributed by atoms with Crippen LogP contribution >= 0.6 is 0 Å². The van der Waals surface area contributed by atoms with Crippen molar-refractivity contribution in [3.05, 3.63) is 29.3 Å². The molecule has 1 fully saturated rings. The van der Waals surface area contributed by atoms with E-state index in [1.807, 2.05) is 19.1 Å². The Morgan fingerprint density at radius 3 is 2.72 bits per heavy atom. The third-order valence-corrected chi connectivity index (χ3v) is 3.52. The summed E-state index contributed by atoms with van der Waals surface area (Å²) in [6.45, 7) is 5.24. The van der Waals surface area contributed by atoms with Gasteiger partial charge in [0.15, 0.2) is 0 Å². The third kappa shape index (κ3) is 3.00. The van der Waals surface area contributed by atoms with Crippen LogP contribution in [0.15, 0.2) is 18.2 Å². The Kier molecular flexibility index (Phi) is 4.55. The molecule has 2 rings (SSSR count). The average Bonchev–Trinajstić information content (AvgIpc) is 2.38. The molecule has 0 saturated carbocycles. The molecule has 1 saturated heterocycles. The zero-order valence-electron chi connectivity index (χ0n) is 10.8. The highest BCUT2D eigenvalue weighted by Crippen LogP contribution is 2.32. The molecular weight excluding hydrogens is 231 g/mol. The summed E-state index contributed by atoms with van der Waals surface area (Å²) in [5, 5.41) is 13.3. The first kappa shape index (κ1) is 13.3. The lowest BCUT2D eigenvalue weighted by atomic mass is 9.99. The fourth-order valence-corrected chi connectivity index (χ4v) is 2.57. The van der Waals surface area contributed by atoms with E-state index in [4.69, 9.17) is 0 Å². The number of phenolic OH excluding ortho intramolecular Hbond substituents is 1. The van der Waals surface area contributed by atoms with Crippen LogP contribution in [0.5, 0.6) is 5.75 Å². The van der Waals surface area contributed by atoms with Crippen LogP contribution in [-0.4, -0.2) is 42.9 Å². The Labute approximate surface area is 108 Å². The highest BCUT2D eigenvalue weighted by Gasteiger charge is 2.24. The maximum atomic E-state index is 12.8. The topological polar surface area (TPSA) is 35.5 Å². The minimum Gasteiger partial charge on any atom is -0.508 e. The van der Waals surface area contributed by atoms with Crippen molar-refractivity contribution in [3.8, 4) is 5.75 Å². The van der Waals surface area contributed by atoms with Crippen LogP contribution in [0, 0.1) is 6.92 Å². The van der Waals surface area contributed by atoms with Gasteiger partial charge in [0.25, 0.3) is 0 Å². The SMILES string of the molecule is Cc1ccc([C@H](CCF)N2CCNCC2)c(O)c1. The molecule has 0 unspecified atom stereocenters. The van der Waals surface area contributed by atoms with Crippen LogP contribution in [0.2, 0.25) is 0 Å². The predicted octanol–water partition coefficient (Wildman–Crippen LogP) is 2.01. The van der Waals surface area contributed by atoms with E-state index in [9.17, 15) is 9.50 Å². The molecule has 0 aliphatic carbocycles. The highest BCUT2D eigenvalue weighted by atomic mass is 19.1. The monoisotopic (exact) mass is 252 g/mol. The van der Waals surface area contributed by atoms with Crippen molar-refractivity contribution in [2.75, 3.05) is 32.9 Å². The summed E-state index contributed by atoms with van der Waals surface area (Å²) >= 11 is 0. The van der Waals surface area contributed by atoms with E-state index < -0.39 is 0 Å². The molecule has 0 radical (unpaired) electrons. The molecule has 1 aromatic carbocycles. The van der Waals surface area contributed by atoms with Crippen molar-refractivity contribution in [1.82, 2.24) is 10.2 Å². The first-order valence-electron chi connectivity index (χ1n) is 6.52. The van der Waals surface area contributed by atoms with E-state index in [1.54, 1.807) is 6.07 Å². The number of benzene rings is 1. The second-order valence-corrected chi connectivity index (χ2v) is 4.84. The average molecular weight is 252 g/mol. The number of hydrogen-bond donors (Lipinski definition) is 2. The van der Waals surface area contributed by atoms with Gasteiger partial charge in [-0.3, -0.25) is 9.29 Å². The van der Waals surface area contributed by atoms with Crippen molar-refractivity contribution in [2.45, 2.75) is 19.4 Å². The number of aromatic hydroxyl groups is 1. The molecule has 3 nitrogen and oxygen atoms in total. The Morgan fingerprint density at radius 1 is 1.39 bits per heavy atom. The summed E-state index contributed by atoms with van der Waals surface area (Å²) in [4.78, 5) is 2.25. The van der Waals surface area contributed by atoms with Gasteiger partial charge in [0.05, 0.1) is 6.67 Å². The van der Waals surface area contributed by atoms with Gasteiger partial charge in [-0.2, -0.15) is 0 Å². The molecule has 0 bridgehead atoms. The number of phenols is 1. The van der Waals surface area contributed by atoms with Gasteiger partial charge in [0.1, 0.15) is 5.75 Å². The number of aryl methyl sites for hydroxylation is 1. The molecule has 0 aromatic heterocycles. The number of hydrogen-bond acceptors (Lipinski definition) is 3. The van der Waals surface area contributed by atoms with Crippen LogP contribution in [0.4, 0.5) is 4.39 Å². The third-order valence-electron chi connectivity index (χ3n) is 3.52. The summed E-state index contributed by atoms with van der Waals surface area (Å²) in [7, 11) is 0. The molecule has 1 aliphatic heterocycles. The molecule has 1 atom stereocenters. The second kappa shape index (κ2) is 6.16. The van der Waals surface area contributed by atoms with E-state index in [1.165, 1.54) is 0 Å². The molecular formula is C14H21FN2O. The number of rotatable bonds is 4. The van der Waals surface area contributed by atoms with Crippen LogP contribution in [-0.2, 0) is 0 Å². The molecule has 1 aromatic rings. The first-order valence-corrected chi connectivity index (χ1v) is 6.52. The number of nitrogens with zero attached hydrogens (tertiary/aromatic N) is 1. The lowest BCUT2D eigenvalue weighted by Gasteiger charge is -2.35. The number of halogens is 1. The number of alkyl halides is 1. The van der Waals surface area contributed by atoms with Gasteiger partial charge in [-0.1, -0.05) is 12.1 Å². The lowest BCUT2D eigenvalue weighted by molar-refractivity contribution is 0.155. The molecule has 2 N–H and O–H groups in total. The zero-order valence-corrected chi connectivity index (χ0v) is 10.8. The minimum atomic E-state index is -0.359. The van der Waals surface area contributed by atoms with E-state index >= 15 is 0 Å². The number of nitrogens with one attached hydrogen (secondary N) is 1. The first-order chi connectivity index (χ1) is 8.72. The van der Waals surface area contributed by atoms with Gasteiger partial charge < -0.3 is 10.4 Å². The summed E-state index contributed by atoms with van der Waals surface area (Å²) < 4.78 is 12.8. The normalized spacial score (nSPS) is 18.8. The summed E-state index contributed by atoms with van der Waals surface area (Å²) in [6.07, 6.45) is 0.441. The molecule has 18 heavy (non-hydrogen) atoms. The highest BCUT2D eigenvalue weighted by molar-refractivity contribution is 5.38. The van der Waals surface area contributed by atoms with Crippen molar-refractivity contribution in [1.29, 1.82) is 0 Å². The Morgan fingerprint density at radius 2 is 2.11 bits per heavy atom. The summed E-state index contributed by atoms with van der Waals surface area (Å²) in [5.41, 5.74) is 1.87. The van der Waals surface area contributed by atoms with Gasteiger partial charge in [-0.25, -0.2) is 0 Å². The molecule has 1 heterocycles. The molecule has 4 heteroatoms. The lowest BCUT2D eigenvalue weighted by Crippen LogP contribution is -2.45. The van der Waals surface area contributed by atoms with Gasteiger partial charge in [-0.15, -0.1) is 0 Å². The second-order valence-electron chi connectivity index (χ2n) is 4.84. The predicted molar refractivity (Wildman–Crippen MR) is 70.6 cm³/mol. The Hall–Kier alpha value is -1.13. The Bertz CT molecular complexity index is 391. The fourth-order valence-electron chi connectivity index (χ4n) is 2.57. The van der Waals surface area contributed by atoms with E-state index in [2.05, 4.69) is 10.2 Å². The fraction of sp³-hybridized carbons (Fsp3) is 0.571. The molecule has 0 amide bonds. The largest absolute Gasteiger partial charge is 0.508 e. The van der Waals surface area contributed by atoms with Gasteiger partial charge in [0.2, 0.25) is 0 Å². The zero-order chi connectivity index (χ0) is 13.0. The quantitative estimate of drug-likeness (QED) is 0.860. The van der Waals surface area contributed by atoms with Crippen LogP contribution in [0.3, 0.4) is 0 Å². The van der Waals surface area contributed by atoms with E-state index in [0.717, 1.165) is 37.3 Å². The Balaban J connectivity index is 2.22. The van der Waals surface area contributed by atoms with Crippen LogP contribution < -0.4 is 5.32 Å². The van der Waals surface area contributed by atoms with Crippen LogP contribution in [0.1, 0.15) is 23.6 Å².